The predicted molar refractivity (Wildman–Crippen MR) is 51.8 cm³/mol. The van der Waals surface area contributed by atoms with Crippen molar-refractivity contribution in [3.05, 3.63) is 35.9 Å². The fourth-order valence-electron chi connectivity index (χ4n) is 1.35. The maximum absolute atomic E-state index is 5.45. The second-order valence-electron chi connectivity index (χ2n) is 3.17. The van der Waals surface area contributed by atoms with Gasteiger partial charge in [-0.05, 0) is 5.56 Å². The predicted octanol–water partition coefficient (Wildman–Crippen LogP) is 1.58. The first-order valence-corrected chi connectivity index (χ1v) is 4.80. The highest BCUT2D eigenvalue weighted by molar-refractivity contribution is 5.13. The maximum atomic E-state index is 5.45. The van der Waals surface area contributed by atoms with E-state index in [1.54, 1.807) is 0 Å². The first-order valence-electron chi connectivity index (χ1n) is 4.80. The van der Waals surface area contributed by atoms with Gasteiger partial charge in [0.15, 0.2) is 6.29 Å². The van der Waals surface area contributed by atoms with Crippen LogP contribution in [0.25, 0.3) is 0 Å². The number of hydrogen-bond acceptors (Lipinski definition) is 3. The summed E-state index contributed by atoms with van der Waals surface area (Å²) >= 11 is 0. The summed E-state index contributed by atoms with van der Waals surface area (Å²) in [5.74, 6) is 0. The second kappa shape index (κ2) is 5.10. The molecule has 0 aliphatic carbocycles. The van der Waals surface area contributed by atoms with E-state index in [0.717, 1.165) is 0 Å². The van der Waals surface area contributed by atoms with Crippen molar-refractivity contribution in [3.8, 4) is 0 Å². The van der Waals surface area contributed by atoms with Crippen LogP contribution in [0.2, 0.25) is 0 Å². The molecule has 1 fully saturated rings. The number of ether oxygens (including phenoxy) is 3. The van der Waals surface area contributed by atoms with Crippen LogP contribution in [-0.2, 0) is 20.8 Å². The van der Waals surface area contributed by atoms with E-state index in [1.165, 1.54) is 5.56 Å². The van der Waals surface area contributed by atoms with Gasteiger partial charge < -0.3 is 14.2 Å². The lowest BCUT2D eigenvalue weighted by atomic mass is 10.2. The molecule has 0 bridgehead atoms. The minimum Gasteiger partial charge on any atom is -0.371 e. The van der Waals surface area contributed by atoms with Gasteiger partial charge in [-0.15, -0.1) is 0 Å². The third-order valence-corrected chi connectivity index (χ3v) is 2.06. The van der Waals surface area contributed by atoms with Crippen molar-refractivity contribution in [1.29, 1.82) is 0 Å². The number of rotatable bonds is 4. The van der Waals surface area contributed by atoms with Crippen LogP contribution in [0.15, 0.2) is 30.3 Å². The first-order chi connectivity index (χ1) is 6.95. The number of benzene rings is 1. The quantitative estimate of drug-likeness (QED) is 0.728. The Bertz CT molecular complexity index is 254. The Morgan fingerprint density at radius 2 is 1.86 bits per heavy atom. The average Bonchev–Trinajstić information content (AvgIpc) is 2.72. The summed E-state index contributed by atoms with van der Waals surface area (Å²) in [6, 6.07) is 10.1. The van der Waals surface area contributed by atoms with Crippen molar-refractivity contribution in [1.82, 2.24) is 0 Å². The van der Waals surface area contributed by atoms with E-state index in [4.69, 9.17) is 14.2 Å². The summed E-state index contributed by atoms with van der Waals surface area (Å²) in [5, 5.41) is 0. The molecule has 1 saturated heterocycles. The third-order valence-electron chi connectivity index (χ3n) is 2.06. The topological polar surface area (TPSA) is 27.7 Å². The van der Waals surface area contributed by atoms with Gasteiger partial charge in [0.2, 0.25) is 0 Å². The summed E-state index contributed by atoms with van der Waals surface area (Å²) in [5.41, 5.74) is 1.17. The molecule has 0 aromatic heterocycles. The summed E-state index contributed by atoms with van der Waals surface area (Å²) < 4.78 is 15.9. The lowest BCUT2D eigenvalue weighted by Crippen LogP contribution is -2.15. The zero-order valence-corrected chi connectivity index (χ0v) is 8.02. The molecule has 1 heterocycles. The van der Waals surface area contributed by atoms with E-state index in [2.05, 4.69) is 0 Å². The van der Waals surface area contributed by atoms with Gasteiger partial charge in [-0.1, -0.05) is 30.3 Å². The van der Waals surface area contributed by atoms with Crippen LogP contribution in [0.5, 0.6) is 0 Å². The molecule has 1 aliphatic rings. The summed E-state index contributed by atoms with van der Waals surface area (Å²) in [6.45, 7) is 2.48. The minimum atomic E-state index is -0.168. The summed E-state index contributed by atoms with van der Waals surface area (Å²) in [4.78, 5) is 0. The molecular formula is C11H14O3. The van der Waals surface area contributed by atoms with E-state index in [0.29, 0.717) is 26.4 Å². The summed E-state index contributed by atoms with van der Waals surface area (Å²) in [7, 11) is 0. The Balaban J connectivity index is 1.67. The van der Waals surface area contributed by atoms with Gasteiger partial charge in [-0.2, -0.15) is 0 Å². The molecule has 0 N–H and O–H groups in total. The van der Waals surface area contributed by atoms with Crippen molar-refractivity contribution in [2.45, 2.75) is 12.9 Å². The fraction of sp³-hybridized carbons (Fsp3) is 0.455. The van der Waals surface area contributed by atoms with Crippen LogP contribution in [0.4, 0.5) is 0 Å². The van der Waals surface area contributed by atoms with Gasteiger partial charge in [-0.3, -0.25) is 0 Å². The molecule has 0 unspecified atom stereocenters. The Hall–Kier alpha value is -0.900. The molecule has 0 radical (unpaired) electrons. The molecule has 0 atom stereocenters. The Kier molecular flexibility index (Phi) is 3.51. The van der Waals surface area contributed by atoms with E-state index < -0.39 is 0 Å². The molecule has 2 rings (SSSR count). The van der Waals surface area contributed by atoms with Crippen LogP contribution >= 0.6 is 0 Å². The largest absolute Gasteiger partial charge is 0.371 e. The Labute approximate surface area is 83.6 Å². The highest BCUT2D eigenvalue weighted by Gasteiger charge is 2.15. The van der Waals surface area contributed by atoms with Gasteiger partial charge in [0.05, 0.1) is 26.4 Å². The standard InChI is InChI=1S/C11H14O3/c1-2-4-10(5-3-1)8-12-9-11-13-6-7-14-11/h1-5,11H,6-9H2. The molecule has 0 saturated carbocycles. The zero-order chi connectivity index (χ0) is 9.64. The molecule has 14 heavy (non-hydrogen) atoms. The van der Waals surface area contributed by atoms with Crippen LogP contribution in [0, 0.1) is 0 Å². The third kappa shape index (κ3) is 2.80. The van der Waals surface area contributed by atoms with E-state index in [9.17, 15) is 0 Å². The second-order valence-corrected chi connectivity index (χ2v) is 3.17. The molecule has 0 amide bonds. The molecule has 3 nitrogen and oxygen atoms in total. The zero-order valence-electron chi connectivity index (χ0n) is 8.02. The van der Waals surface area contributed by atoms with Gasteiger partial charge in [0, 0.05) is 0 Å². The molecule has 0 spiro atoms. The van der Waals surface area contributed by atoms with Crippen molar-refractivity contribution in [2.24, 2.45) is 0 Å². The fourth-order valence-corrected chi connectivity index (χ4v) is 1.35. The SMILES string of the molecule is c1ccc(COCC2OCCO2)cc1. The monoisotopic (exact) mass is 194 g/mol. The highest BCUT2D eigenvalue weighted by atomic mass is 16.7. The van der Waals surface area contributed by atoms with Crippen LogP contribution in [0.1, 0.15) is 5.56 Å². The lowest BCUT2D eigenvalue weighted by Gasteiger charge is -2.09. The van der Waals surface area contributed by atoms with Gasteiger partial charge in [0.25, 0.3) is 0 Å². The Morgan fingerprint density at radius 3 is 2.57 bits per heavy atom. The van der Waals surface area contributed by atoms with Crippen molar-refractivity contribution in [2.75, 3.05) is 19.8 Å². The molecular weight excluding hydrogens is 180 g/mol. The molecule has 76 valence electrons. The summed E-state index contributed by atoms with van der Waals surface area (Å²) in [6.07, 6.45) is -0.168. The normalized spacial score (nSPS) is 17.4. The van der Waals surface area contributed by atoms with Gasteiger partial charge in [0.1, 0.15) is 0 Å². The van der Waals surface area contributed by atoms with Crippen molar-refractivity contribution < 1.29 is 14.2 Å². The van der Waals surface area contributed by atoms with E-state index in [-0.39, 0.29) is 6.29 Å². The average molecular weight is 194 g/mol. The van der Waals surface area contributed by atoms with E-state index in [1.807, 2.05) is 30.3 Å². The van der Waals surface area contributed by atoms with Crippen LogP contribution in [0.3, 0.4) is 0 Å². The van der Waals surface area contributed by atoms with Gasteiger partial charge >= 0.3 is 0 Å². The first kappa shape index (κ1) is 9.65. The smallest absolute Gasteiger partial charge is 0.181 e. The molecule has 1 aromatic carbocycles. The minimum absolute atomic E-state index is 0.168. The van der Waals surface area contributed by atoms with Crippen molar-refractivity contribution in [3.63, 3.8) is 0 Å². The highest BCUT2D eigenvalue weighted by Crippen LogP contribution is 2.06. The lowest BCUT2D eigenvalue weighted by molar-refractivity contribution is -0.0974. The molecule has 1 aliphatic heterocycles. The van der Waals surface area contributed by atoms with Crippen LogP contribution < -0.4 is 0 Å². The van der Waals surface area contributed by atoms with Gasteiger partial charge in [-0.25, -0.2) is 0 Å². The number of hydrogen-bond donors (Lipinski definition) is 0. The van der Waals surface area contributed by atoms with Crippen LogP contribution in [-0.4, -0.2) is 26.1 Å². The van der Waals surface area contributed by atoms with E-state index >= 15 is 0 Å². The molecule has 1 aromatic rings. The Morgan fingerprint density at radius 1 is 1.14 bits per heavy atom. The maximum Gasteiger partial charge on any atom is 0.181 e. The molecule has 3 heteroatoms. The van der Waals surface area contributed by atoms with Crippen molar-refractivity contribution >= 4 is 0 Å².